The highest BCUT2D eigenvalue weighted by Crippen LogP contribution is 2.40. The van der Waals surface area contributed by atoms with Crippen LogP contribution in [0, 0.1) is 0 Å². The second-order valence-electron chi connectivity index (χ2n) is 7.65. The van der Waals surface area contributed by atoms with E-state index in [0.717, 1.165) is 25.0 Å². The van der Waals surface area contributed by atoms with E-state index >= 15 is 0 Å². The van der Waals surface area contributed by atoms with Gasteiger partial charge in [0.25, 0.3) is 0 Å². The molecule has 4 heteroatoms. The minimum absolute atomic E-state index is 0.0211. The minimum atomic E-state index is -1.85. The first-order valence-corrected chi connectivity index (χ1v) is 10.6. The van der Waals surface area contributed by atoms with Crippen LogP contribution in [0.5, 0.6) is 0 Å². The summed E-state index contributed by atoms with van der Waals surface area (Å²) in [7, 11) is -1.85. The molecule has 0 bridgehead atoms. The molecule has 0 fully saturated rings. The van der Waals surface area contributed by atoms with E-state index in [1.807, 2.05) is 13.8 Å². The summed E-state index contributed by atoms with van der Waals surface area (Å²) in [6, 6.07) is 0. The Bertz CT molecular complexity index is 353. The molecule has 0 unspecified atom stereocenters. The van der Waals surface area contributed by atoms with Gasteiger partial charge in [0.15, 0.2) is 0 Å². The summed E-state index contributed by atoms with van der Waals surface area (Å²) < 4.78 is 18.1. The molecule has 0 spiro atoms. The average molecular weight is 301 g/mol. The van der Waals surface area contributed by atoms with Crippen LogP contribution < -0.4 is 0 Å². The van der Waals surface area contributed by atoms with Gasteiger partial charge in [-0.3, -0.25) is 0 Å². The first kappa shape index (κ1) is 17.6. The van der Waals surface area contributed by atoms with E-state index in [4.69, 9.17) is 13.9 Å². The van der Waals surface area contributed by atoms with Crippen molar-refractivity contribution in [1.29, 1.82) is 0 Å². The summed E-state index contributed by atoms with van der Waals surface area (Å²) in [5.41, 5.74) is 0. The van der Waals surface area contributed by atoms with Gasteiger partial charge in [-0.2, -0.15) is 0 Å². The van der Waals surface area contributed by atoms with Crippen LogP contribution in [0.25, 0.3) is 0 Å². The molecule has 0 radical (unpaired) electrons. The van der Waals surface area contributed by atoms with Crippen molar-refractivity contribution in [3.05, 3.63) is 12.0 Å². The molecular formula is C16H32O3Si. The molecule has 0 amide bonds. The maximum Gasteiger partial charge on any atom is 0.250 e. The molecule has 0 N–H and O–H groups in total. The van der Waals surface area contributed by atoms with Crippen molar-refractivity contribution in [1.82, 2.24) is 0 Å². The number of hydrogen-bond donors (Lipinski definition) is 0. The largest absolute Gasteiger partial charge is 0.543 e. The van der Waals surface area contributed by atoms with Gasteiger partial charge in [0, 0.05) is 13.8 Å². The van der Waals surface area contributed by atoms with E-state index in [9.17, 15) is 0 Å². The van der Waals surface area contributed by atoms with Gasteiger partial charge in [-0.05, 0) is 24.6 Å². The molecule has 1 heterocycles. The first-order valence-electron chi connectivity index (χ1n) is 7.73. The Morgan fingerprint density at radius 3 is 2.40 bits per heavy atom. The maximum atomic E-state index is 6.40. The molecule has 0 saturated carbocycles. The lowest BCUT2D eigenvalue weighted by Gasteiger charge is -2.42. The SMILES string of the molecule is CCCC[C@@H]1OC(C)(C)OC=C1O[Si](C)(C)C(C)(C)C. The minimum Gasteiger partial charge on any atom is -0.543 e. The van der Waals surface area contributed by atoms with Crippen LogP contribution in [-0.4, -0.2) is 20.2 Å². The van der Waals surface area contributed by atoms with Gasteiger partial charge in [0.1, 0.15) is 18.1 Å². The second-order valence-corrected chi connectivity index (χ2v) is 12.4. The molecule has 20 heavy (non-hydrogen) atoms. The lowest BCUT2D eigenvalue weighted by molar-refractivity contribution is -0.226. The number of hydrogen-bond acceptors (Lipinski definition) is 3. The average Bonchev–Trinajstić information content (AvgIpc) is 2.27. The summed E-state index contributed by atoms with van der Waals surface area (Å²) in [5, 5.41) is 0.177. The van der Waals surface area contributed by atoms with Crippen molar-refractivity contribution in [2.75, 3.05) is 0 Å². The first-order chi connectivity index (χ1) is 8.98. The molecule has 1 atom stereocenters. The van der Waals surface area contributed by atoms with Crippen LogP contribution in [0.1, 0.15) is 60.8 Å². The van der Waals surface area contributed by atoms with Crippen LogP contribution in [0.4, 0.5) is 0 Å². The molecule has 0 aromatic heterocycles. The lowest BCUT2D eigenvalue weighted by atomic mass is 10.1. The van der Waals surface area contributed by atoms with Gasteiger partial charge in [-0.15, -0.1) is 0 Å². The Kier molecular flexibility index (Phi) is 5.36. The normalized spacial score (nSPS) is 23.0. The molecule has 1 aliphatic heterocycles. The third-order valence-electron chi connectivity index (χ3n) is 4.20. The second kappa shape index (κ2) is 6.10. The summed E-state index contributed by atoms with van der Waals surface area (Å²) in [6.45, 7) is 17.3. The molecule has 1 rings (SSSR count). The predicted molar refractivity (Wildman–Crippen MR) is 85.9 cm³/mol. The van der Waals surface area contributed by atoms with E-state index < -0.39 is 14.1 Å². The molecule has 0 aliphatic carbocycles. The highest BCUT2D eigenvalue weighted by Gasteiger charge is 2.42. The maximum absolute atomic E-state index is 6.40. The van der Waals surface area contributed by atoms with Gasteiger partial charge in [0.2, 0.25) is 14.1 Å². The third kappa shape index (κ3) is 4.52. The van der Waals surface area contributed by atoms with Gasteiger partial charge in [0.05, 0.1) is 0 Å². The zero-order valence-corrected chi connectivity index (χ0v) is 15.5. The van der Waals surface area contributed by atoms with Crippen molar-refractivity contribution < 1.29 is 13.9 Å². The van der Waals surface area contributed by atoms with Crippen molar-refractivity contribution in [2.24, 2.45) is 0 Å². The Morgan fingerprint density at radius 2 is 1.90 bits per heavy atom. The number of unbranched alkanes of at least 4 members (excludes halogenated alkanes) is 1. The lowest BCUT2D eigenvalue weighted by Crippen LogP contribution is -2.45. The molecule has 118 valence electrons. The van der Waals surface area contributed by atoms with Gasteiger partial charge in [-0.1, -0.05) is 40.5 Å². The zero-order valence-electron chi connectivity index (χ0n) is 14.5. The van der Waals surface area contributed by atoms with Crippen LogP contribution in [0.2, 0.25) is 18.1 Å². The topological polar surface area (TPSA) is 27.7 Å². The van der Waals surface area contributed by atoms with Crippen LogP contribution >= 0.6 is 0 Å². The Balaban J connectivity index is 2.87. The van der Waals surface area contributed by atoms with Crippen LogP contribution in [0.3, 0.4) is 0 Å². The highest BCUT2D eigenvalue weighted by atomic mass is 28.4. The van der Waals surface area contributed by atoms with Crippen LogP contribution in [0.15, 0.2) is 12.0 Å². The van der Waals surface area contributed by atoms with E-state index in [-0.39, 0.29) is 11.1 Å². The molecule has 0 aromatic carbocycles. The smallest absolute Gasteiger partial charge is 0.250 e. The molecule has 1 aliphatic rings. The Morgan fingerprint density at radius 1 is 1.30 bits per heavy atom. The zero-order chi connectivity index (χ0) is 15.6. The van der Waals surface area contributed by atoms with E-state index in [2.05, 4.69) is 40.8 Å². The number of rotatable bonds is 5. The molecule has 0 saturated heterocycles. The van der Waals surface area contributed by atoms with Crippen LogP contribution in [-0.2, 0) is 13.9 Å². The van der Waals surface area contributed by atoms with Crippen molar-refractivity contribution in [3.8, 4) is 0 Å². The molecule has 0 aromatic rings. The fourth-order valence-corrected chi connectivity index (χ4v) is 2.91. The number of ether oxygens (including phenoxy) is 2. The Hall–Kier alpha value is -0.483. The van der Waals surface area contributed by atoms with Gasteiger partial charge in [-0.25, -0.2) is 0 Å². The van der Waals surface area contributed by atoms with Crippen molar-refractivity contribution in [2.45, 2.75) is 90.8 Å². The summed E-state index contributed by atoms with van der Waals surface area (Å²) in [5.74, 6) is 0.322. The van der Waals surface area contributed by atoms with E-state index in [1.165, 1.54) is 0 Å². The highest BCUT2D eigenvalue weighted by molar-refractivity contribution is 6.74. The summed E-state index contributed by atoms with van der Waals surface area (Å²) in [6.07, 6.45) is 5.09. The van der Waals surface area contributed by atoms with Crippen molar-refractivity contribution >= 4 is 8.32 Å². The van der Waals surface area contributed by atoms with Gasteiger partial charge < -0.3 is 13.9 Å². The standard InChI is InChI=1S/C16H32O3Si/c1-9-10-11-13-14(12-17-16(5,6)18-13)19-20(7,8)15(2,3)4/h12-13H,9-11H2,1-8H3/t13-/m0/s1. The quantitative estimate of drug-likeness (QED) is 0.654. The fraction of sp³-hybridized carbons (Fsp3) is 0.875. The predicted octanol–water partition coefficient (Wildman–Crippen LogP) is 5.19. The summed E-state index contributed by atoms with van der Waals surface area (Å²) in [4.78, 5) is 0. The van der Waals surface area contributed by atoms with E-state index in [0.29, 0.717) is 0 Å². The summed E-state index contributed by atoms with van der Waals surface area (Å²) >= 11 is 0. The van der Waals surface area contributed by atoms with E-state index in [1.54, 1.807) is 6.26 Å². The molecular weight excluding hydrogens is 268 g/mol. The Labute approximate surface area is 125 Å². The monoisotopic (exact) mass is 300 g/mol. The molecule has 3 nitrogen and oxygen atoms in total. The van der Waals surface area contributed by atoms with Crippen molar-refractivity contribution in [3.63, 3.8) is 0 Å². The fourth-order valence-electron chi connectivity index (χ4n) is 1.83. The third-order valence-corrected chi connectivity index (χ3v) is 8.56. The van der Waals surface area contributed by atoms with Gasteiger partial charge >= 0.3 is 0 Å².